The van der Waals surface area contributed by atoms with Gasteiger partial charge < -0.3 is 10.7 Å². The average Bonchev–Trinajstić information content (AvgIpc) is 2.78. The highest BCUT2D eigenvalue weighted by Crippen LogP contribution is 2.29. The minimum atomic E-state index is 0.127. The van der Waals surface area contributed by atoms with E-state index in [1.54, 1.807) is 0 Å². The van der Waals surface area contributed by atoms with Crippen molar-refractivity contribution in [3.05, 3.63) is 54.2 Å². The molecule has 0 fully saturated rings. The highest BCUT2D eigenvalue weighted by atomic mass is 14.8. The molecule has 3 N–H and O–H groups in total. The maximum Gasteiger partial charge on any atom is 0.0867 e. The molecular weight excluding hydrogens is 234 g/mol. The van der Waals surface area contributed by atoms with Gasteiger partial charge in [-0.1, -0.05) is 24.3 Å². The molecule has 3 heteroatoms. The molecule has 2 aromatic heterocycles. The van der Waals surface area contributed by atoms with Crippen molar-refractivity contribution in [3.8, 4) is 11.4 Å². The van der Waals surface area contributed by atoms with Crippen LogP contribution < -0.4 is 5.73 Å². The van der Waals surface area contributed by atoms with E-state index in [1.165, 1.54) is 10.9 Å². The second kappa shape index (κ2) is 4.86. The molecule has 0 aliphatic rings. The molecule has 0 amide bonds. The van der Waals surface area contributed by atoms with E-state index in [0.717, 1.165) is 23.3 Å². The van der Waals surface area contributed by atoms with Crippen LogP contribution >= 0.6 is 0 Å². The molecule has 0 radical (unpaired) electrons. The zero-order valence-electron chi connectivity index (χ0n) is 10.9. The first-order chi connectivity index (χ1) is 9.25. The Bertz CT molecular complexity index is 684. The van der Waals surface area contributed by atoms with Crippen LogP contribution in [0, 0.1) is 0 Å². The molecule has 3 nitrogen and oxygen atoms in total. The van der Waals surface area contributed by atoms with Gasteiger partial charge in [-0.05, 0) is 37.1 Å². The van der Waals surface area contributed by atoms with Gasteiger partial charge in [0.05, 0.1) is 11.4 Å². The molecule has 1 atom stereocenters. The van der Waals surface area contributed by atoms with Crippen molar-refractivity contribution in [2.24, 2.45) is 5.73 Å². The molecule has 0 saturated carbocycles. The molecule has 0 saturated heterocycles. The van der Waals surface area contributed by atoms with Gasteiger partial charge in [0.25, 0.3) is 0 Å². The van der Waals surface area contributed by atoms with E-state index in [-0.39, 0.29) is 6.04 Å². The summed E-state index contributed by atoms with van der Waals surface area (Å²) < 4.78 is 0. The number of hydrogen-bond acceptors (Lipinski definition) is 2. The SMILES string of the molecule is CC(N)Cc1c(-c2ccccn2)[nH]c2ccccc12. The Morgan fingerprint density at radius 3 is 2.68 bits per heavy atom. The van der Waals surface area contributed by atoms with E-state index < -0.39 is 0 Å². The van der Waals surface area contributed by atoms with Crippen LogP contribution in [0.25, 0.3) is 22.3 Å². The number of hydrogen-bond donors (Lipinski definition) is 2. The van der Waals surface area contributed by atoms with Crippen LogP contribution in [0.2, 0.25) is 0 Å². The first-order valence-electron chi connectivity index (χ1n) is 6.52. The van der Waals surface area contributed by atoms with Crippen molar-refractivity contribution in [2.75, 3.05) is 0 Å². The van der Waals surface area contributed by atoms with E-state index in [9.17, 15) is 0 Å². The van der Waals surface area contributed by atoms with Crippen molar-refractivity contribution in [1.29, 1.82) is 0 Å². The lowest BCUT2D eigenvalue weighted by Crippen LogP contribution is -2.18. The van der Waals surface area contributed by atoms with E-state index in [4.69, 9.17) is 5.73 Å². The van der Waals surface area contributed by atoms with Gasteiger partial charge in [-0.3, -0.25) is 4.98 Å². The summed E-state index contributed by atoms with van der Waals surface area (Å²) in [6.45, 7) is 2.03. The fraction of sp³-hybridized carbons (Fsp3) is 0.188. The van der Waals surface area contributed by atoms with Crippen molar-refractivity contribution >= 4 is 10.9 Å². The van der Waals surface area contributed by atoms with Gasteiger partial charge in [-0.25, -0.2) is 0 Å². The number of pyridine rings is 1. The fourth-order valence-corrected chi connectivity index (χ4v) is 2.46. The summed E-state index contributed by atoms with van der Waals surface area (Å²) in [4.78, 5) is 7.91. The minimum absolute atomic E-state index is 0.127. The maximum absolute atomic E-state index is 5.99. The molecule has 0 aliphatic carbocycles. The molecular formula is C16H17N3. The van der Waals surface area contributed by atoms with Gasteiger partial charge >= 0.3 is 0 Å². The number of H-pyrrole nitrogens is 1. The summed E-state index contributed by atoms with van der Waals surface area (Å²) in [6, 6.07) is 14.4. The predicted molar refractivity (Wildman–Crippen MR) is 78.9 cm³/mol. The largest absolute Gasteiger partial charge is 0.353 e. The van der Waals surface area contributed by atoms with E-state index in [1.807, 2.05) is 37.4 Å². The van der Waals surface area contributed by atoms with Gasteiger partial charge in [0, 0.05) is 23.1 Å². The number of aromatic nitrogens is 2. The molecule has 1 aromatic carbocycles. The predicted octanol–water partition coefficient (Wildman–Crippen LogP) is 3.12. The highest BCUT2D eigenvalue weighted by Gasteiger charge is 2.14. The summed E-state index contributed by atoms with van der Waals surface area (Å²) in [5, 5.41) is 1.24. The summed E-state index contributed by atoms with van der Waals surface area (Å²) in [5.74, 6) is 0. The Kier molecular flexibility index (Phi) is 3.05. The molecule has 0 bridgehead atoms. The molecule has 96 valence electrons. The number of aromatic amines is 1. The van der Waals surface area contributed by atoms with E-state index in [0.29, 0.717) is 0 Å². The van der Waals surface area contributed by atoms with Crippen LogP contribution in [0.5, 0.6) is 0 Å². The number of fused-ring (bicyclic) bond motifs is 1. The number of nitrogens with zero attached hydrogens (tertiary/aromatic N) is 1. The van der Waals surface area contributed by atoms with Gasteiger partial charge in [0.2, 0.25) is 0 Å². The Morgan fingerprint density at radius 2 is 1.95 bits per heavy atom. The number of nitrogens with one attached hydrogen (secondary N) is 1. The second-order valence-corrected chi connectivity index (χ2v) is 4.92. The van der Waals surface area contributed by atoms with Gasteiger partial charge in [-0.15, -0.1) is 0 Å². The first-order valence-corrected chi connectivity index (χ1v) is 6.52. The van der Waals surface area contributed by atoms with Crippen molar-refractivity contribution in [3.63, 3.8) is 0 Å². The summed E-state index contributed by atoms with van der Waals surface area (Å²) in [6.07, 6.45) is 2.66. The molecule has 2 heterocycles. The van der Waals surface area contributed by atoms with Gasteiger partial charge in [0.15, 0.2) is 0 Å². The molecule has 3 rings (SSSR count). The highest BCUT2D eigenvalue weighted by molar-refractivity contribution is 5.90. The zero-order valence-corrected chi connectivity index (χ0v) is 10.9. The number of benzene rings is 1. The van der Waals surface area contributed by atoms with Crippen LogP contribution in [0.3, 0.4) is 0 Å². The average molecular weight is 251 g/mol. The fourth-order valence-electron chi connectivity index (χ4n) is 2.46. The van der Waals surface area contributed by atoms with E-state index >= 15 is 0 Å². The third-order valence-electron chi connectivity index (χ3n) is 3.26. The van der Waals surface area contributed by atoms with E-state index in [2.05, 4.69) is 28.2 Å². The van der Waals surface area contributed by atoms with Crippen molar-refractivity contribution in [1.82, 2.24) is 9.97 Å². The lowest BCUT2D eigenvalue weighted by Gasteiger charge is -2.07. The topological polar surface area (TPSA) is 54.7 Å². The molecule has 1 unspecified atom stereocenters. The van der Waals surface area contributed by atoms with Crippen LogP contribution in [-0.2, 0) is 6.42 Å². The second-order valence-electron chi connectivity index (χ2n) is 4.92. The lowest BCUT2D eigenvalue weighted by atomic mass is 10.0. The Hall–Kier alpha value is -2.13. The van der Waals surface area contributed by atoms with Gasteiger partial charge in [0.1, 0.15) is 0 Å². The quantitative estimate of drug-likeness (QED) is 0.751. The monoisotopic (exact) mass is 251 g/mol. The normalized spacial score (nSPS) is 12.7. The maximum atomic E-state index is 5.99. The number of rotatable bonds is 3. The first kappa shape index (κ1) is 11.9. The Morgan fingerprint density at radius 1 is 1.16 bits per heavy atom. The lowest BCUT2D eigenvalue weighted by molar-refractivity contribution is 0.742. The van der Waals surface area contributed by atoms with Gasteiger partial charge in [-0.2, -0.15) is 0 Å². The summed E-state index contributed by atoms with van der Waals surface area (Å²) >= 11 is 0. The molecule has 0 spiro atoms. The Balaban J connectivity index is 2.23. The van der Waals surface area contributed by atoms with Crippen molar-refractivity contribution < 1.29 is 0 Å². The zero-order chi connectivity index (χ0) is 13.2. The third kappa shape index (κ3) is 2.25. The summed E-state index contributed by atoms with van der Waals surface area (Å²) in [5.41, 5.74) is 10.4. The minimum Gasteiger partial charge on any atom is -0.353 e. The summed E-state index contributed by atoms with van der Waals surface area (Å²) in [7, 11) is 0. The molecule has 3 aromatic rings. The van der Waals surface area contributed by atoms with Crippen LogP contribution in [0.4, 0.5) is 0 Å². The third-order valence-corrected chi connectivity index (χ3v) is 3.26. The van der Waals surface area contributed by atoms with Crippen LogP contribution in [0.15, 0.2) is 48.7 Å². The van der Waals surface area contributed by atoms with Crippen LogP contribution in [0.1, 0.15) is 12.5 Å². The smallest absolute Gasteiger partial charge is 0.0867 e. The van der Waals surface area contributed by atoms with Crippen molar-refractivity contribution in [2.45, 2.75) is 19.4 Å². The molecule has 0 aliphatic heterocycles. The van der Waals surface area contributed by atoms with Crippen LogP contribution in [-0.4, -0.2) is 16.0 Å². The number of nitrogens with two attached hydrogens (primary N) is 1. The molecule has 19 heavy (non-hydrogen) atoms. The standard InChI is InChI=1S/C16H17N3/c1-11(17)10-13-12-6-2-3-7-14(12)19-16(13)15-8-4-5-9-18-15/h2-9,11,19H,10,17H2,1H3. The Labute approximate surface area is 112 Å². The number of para-hydroxylation sites is 1.